The molecule has 0 saturated carbocycles. The summed E-state index contributed by atoms with van der Waals surface area (Å²) in [5, 5.41) is 3.13. The molecule has 1 unspecified atom stereocenters. The third-order valence-electron chi connectivity index (χ3n) is 3.15. The Morgan fingerprint density at radius 2 is 2.11 bits per heavy atom. The SMILES string of the molecule is CSCCC(C)N(C)CCNc1ccccc1F. The molecule has 0 bridgehead atoms. The number of thioether (sulfide) groups is 1. The van der Waals surface area contributed by atoms with Crippen LogP contribution in [0.25, 0.3) is 0 Å². The van der Waals surface area contributed by atoms with Gasteiger partial charge in [0, 0.05) is 19.1 Å². The lowest BCUT2D eigenvalue weighted by atomic mass is 10.2. The second-order valence-corrected chi connectivity index (χ2v) is 5.50. The van der Waals surface area contributed by atoms with Crippen molar-refractivity contribution in [3.63, 3.8) is 0 Å². The largest absolute Gasteiger partial charge is 0.381 e. The van der Waals surface area contributed by atoms with Gasteiger partial charge >= 0.3 is 0 Å². The van der Waals surface area contributed by atoms with E-state index in [4.69, 9.17) is 0 Å². The van der Waals surface area contributed by atoms with Crippen LogP contribution in [0.15, 0.2) is 24.3 Å². The molecule has 0 aliphatic heterocycles. The van der Waals surface area contributed by atoms with E-state index in [-0.39, 0.29) is 5.82 Å². The molecule has 0 aliphatic carbocycles. The molecule has 18 heavy (non-hydrogen) atoms. The predicted octanol–water partition coefficient (Wildman–Crippen LogP) is 3.31. The number of para-hydroxylation sites is 1. The molecule has 0 heterocycles. The molecule has 4 heteroatoms. The number of benzene rings is 1. The molecule has 1 N–H and O–H groups in total. The highest BCUT2D eigenvalue weighted by atomic mass is 32.2. The molecule has 2 nitrogen and oxygen atoms in total. The number of nitrogens with one attached hydrogen (secondary N) is 1. The molecule has 0 aromatic heterocycles. The van der Waals surface area contributed by atoms with Crippen molar-refractivity contribution in [2.24, 2.45) is 0 Å². The summed E-state index contributed by atoms with van der Waals surface area (Å²) in [6.07, 6.45) is 3.32. The molecular formula is C14H23FN2S. The van der Waals surface area contributed by atoms with Gasteiger partial charge < -0.3 is 10.2 Å². The predicted molar refractivity (Wildman–Crippen MR) is 80.0 cm³/mol. The van der Waals surface area contributed by atoms with Crippen molar-refractivity contribution in [1.29, 1.82) is 0 Å². The van der Waals surface area contributed by atoms with E-state index in [0.717, 1.165) is 13.1 Å². The lowest BCUT2D eigenvalue weighted by Crippen LogP contribution is -2.33. The Bertz CT molecular complexity index is 346. The molecular weight excluding hydrogens is 247 g/mol. The smallest absolute Gasteiger partial charge is 0.146 e. The van der Waals surface area contributed by atoms with E-state index in [2.05, 4.69) is 30.4 Å². The second kappa shape index (κ2) is 8.38. The number of hydrogen-bond acceptors (Lipinski definition) is 3. The number of rotatable bonds is 8. The van der Waals surface area contributed by atoms with E-state index in [1.807, 2.05) is 17.8 Å². The van der Waals surface area contributed by atoms with Gasteiger partial charge in [0.1, 0.15) is 5.82 Å². The quantitative estimate of drug-likeness (QED) is 0.780. The summed E-state index contributed by atoms with van der Waals surface area (Å²) in [7, 11) is 2.12. The fourth-order valence-electron chi connectivity index (χ4n) is 1.70. The number of nitrogens with zero attached hydrogens (tertiary/aromatic N) is 1. The van der Waals surface area contributed by atoms with Crippen LogP contribution >= 0.6 is 11.8 Å². The van der Waals surface area contributed by atoms with Crippen LogP contribution in [0.1, 0.15) is 13.3 Å². The molecule has 1 rings (SSSR count). The Hall–Kier alpha value is -0.740. The van der Waals surface area contributed by atoms with Gasteiger partial charge in [-0.3, -0.25) is 0 Å². The Labute approximate surface area is 114 Å². The summed E-state index contributed by atoms with van der Waals surface area (Å²) in [5.74, 6) is 1.00. The van der Waals surface area contributed by atoms with Crippen molar-refractivity contribution in [3.8, 4) is 0 Å². The van der Waals surface area contributed by atoms with Crippen molar-refractivity contribution in [3.05, 3.63) is 30.1 Å². The van der Waals surface area contributed by atoms with Gasteiger partial charge in [-0.2, -0.15) is 11.8 Å². The normalized spacial score (nSPS) is 12.7. The summed E-state index contributed by atoms with van der Waals surface area (Å²) in [6, 6.07) is 7.37. The second-order valence-electron chi connectivity index (χ2n) is 4.52. The molecule has 0 saturated heterocycles. The monoisotopic (exact) mass is 270 g/mol. The molecule has 1 aromatic rings. The summed E-state index contributed by atoms with van der Waals surface area (Å²) in [4.78, 5) is 2.31. The topological polar surface area (TPSA) is 15.3 Å². The van der Waals surface area contributed by atoms with Gasteiger partial charge in [-0.05, 0) is 44.5 Å². The average Bonchev–Trinajstić information content (AvgIpc) is 2.38. The molecule has 102 valence electrons. The van der Waals surface area contributed by atoms with Gasteiger partial charge in [-0.1, -0.05) is 12.1 Å². The fourth-order valence-corrected chi connectivity index (χ4v) is 2.28. The van der Waals surface area contributed by atoms with Gasteiger partial charge in [0.25, 0.3) is 0 Å². The zero-order valence-electron chi connectivity index (χ0n) is 11.4. The minimum atomic E-state index is -0.185. The molecule has 0 fully saturated rings. The zero-order valence-corrected chi connectivity index (χ0v) is 12.3. The summed E-state index contributed by atoms with van der Waals surface area (Å²) in [6.45, 7) is 3.92. The van der Waals surface area contributed by atoms with E-state index < -0.39 is 0 Å². The molecule has 0 aliphatic rings. The molecule has 1 atom stereocenters. The minimum Gasteiger partial charge on any atom is -0.381 e. The van der Waals surface area contributed by atoms with Crippen LogP contribution in [-0.4, -0.2) is 43.1 Å². The Balaban J connectivity index is 2.27. The van der Waals surface area contributed by atoms with Gasteiger partial charge in [0.15, 0.2) is 0 Å². The molecule has 0 spiro atoms. The van der Waals surface area contributed by atoms with Crippen molar-refractivity contribution >= 4 is 17.4 Å². The van der Waals surface area contributed by atoms with E-state index in [1.54, 1.807) is 12.1 Å². The zero-order chi connectivity index (χ0) is 13.4. The molecule has 1 aromatic carbocycles. The van der Waals surface area contributed by atoms with E-state index in [9.17, 15) is 4.39 Å². The number of likely N-dealkylation sites (N-methyl/N-ethyl adjacent to an activating group) is 1. The van der Waals surface area contributed by atoms with Crippen LogP contribution in [0.3, 0.4) is 0 Å². The van der Waals surface area contributed by atoms with Crippen molar-refractivity contribution in [1.82, 2.24) is 4.90 Å². The maximum Gasteiger partial charge on any atom is 0.146 e. The minimum absolute atomic E-state index is 0.185. The van der Waals surface area contributed by atoms with Crippen LogP contribution < -0.4 is 5.32 Å². The Morgan fingerprint density at radius 3 is 2.78 bits per heavy atom. The van der Waals surface area contributed by atoms with Crippen molar-refractivity contribution in [2.75, 3.05) is 37.5 Å². The molecule has 0 amide bonds. The standard InChI is InChI=1S/C14H23FN2S/c1-12(8-11-18-3)17(2)10-9-16-14-7-5-4-6-13(14)15/h4-7,12,16H,8-11H2,1-3H3. The van der Waals surface area contributed by atoms with Crippen LogP contribution in [0.5, 0.6) is 0 Å². The molecule has 0 radical (unpaired) electrons. The fraction of sp³-hybridized carbons (Fsp3) is 0.571. The highest BCUT2D eigenvalue weighted by Crippen LogP contribution is 2.12. The summed E-state index contributed by atoms with van der Waals surface area (Å²) >= 11 is 1.88. The Kier molecular flexibility index (Phi) is 7.13. The van der Waals surface area contributed by atoms with E-state index in [0.29, 0.717) is 11.7 Å². The van der Waals surface area contributed by atoms with Crippen LogP contribution in [0, 0.1) is 5.82 Å². The third-order valence-corrected chi connectivity index (χ3v) is 3.79. The van der Waals surface area contributed by atoms with Crippen molar-refractivity contribution in [2.45, 2.75) is 19.4 Å². The summed E-state index contributed by atoms with van der Waals surface area (Å²) in [5.41, 5.74) is 0.586. The van der Waals surface area contributed by atoms with E-state index >= 15 is 0 Å². The van der Waals surface area contributed by atoms with E-state index in [1.165, 1.54) is 18.2 Å². The van der Waals surface area contributed by atoms with Gasteiger partial charge in [0.2, 0.25) is 0 Å². The third kappa shape index (κ3) is 5.27. The van der Waals surface area contributed by atoms with Gasteiger partial charge in [0.05, 0.1) is 5.69 Å². The first kappa shape index (κ1) is 15.3. The lowest BCUT2D eigenvalue weighted by Gasteiger charge is -2.24. The van der Waals surface area contributed by atoms with Crippen LogP contribution in [0.2, 0.25) is 0 Å². The van der Waals surface area contributed by atoms with Crippen LogP contribution in [-0.2, 0) is 0 Å². The number of anilines is 1. The Morgan fingerprint density at radius 1 is 1.39 bits per heavy atom. The summed E-state index contributed by atoms with van der Waals surface area (Å²) < 4.78 is 13.4. The first-order valence-electron chi connectivity index (χ1n) is 6.32. The van der Waals surface area contributed by atoms with Crippen molar-refractivity contribution < 1.29 is 4.39 Å². The van der Waals surface area contributed by atoms with Crippen LogP contribution in [0.4, 0.5) is 10.1 Å². The van der Waals surface area contributed by atoms with Gasteiger partial charge in [-0.25, -0.2) is 4.39 Å². The number of hydrogen-bond donors (Lipinski definition) is 1. The first-order valence-corrected chi connectivity index (χ1v) is 7.72. The average molecular weight is 270 g/mol. The maximum absolute atomic E-state index is 13.4. The highest BCUT2D eigenvalue weighted by molar-refractivity contribution is 7.98. The lowest BCUT2D eigenvalue weighted by molar-refractivity contribution is 0.262. The maximum atomic E-state index is 13.4. The first-order chi connectivity index (χ1) is 8.65. The number of halogens is 1. The van der Waals surface area contributed by atoms with Gasteiger partial charge in [-0.15, -0.1) is 0 Å². The highest BCUT2D eigenvalue weighted by Gasteiger charge is 2.08.